The fourth-order valence-electron chi connectivity index (χ4n) is 3.08. The number of hydrogen-bond donors (Lipinski definition) is 3. The molecule has 0 aliphatic heterocycles. The number of rotatable bonds is 7. The molecule has 2 aromatic rings. The van der Waals surface area contributed by atoms with Crippen molar-refractivity contribution >= 4 is 41.2 Å². The molecule has 0 saturated heterocycles. The zero-order valence-corrected chi connectivity index (χ0v) is 18.7. The van der Waals surface area contributed by atoms with Crippen LogP contribution in [0.1, 0.15) is 30.6 Å². The number of benzene rings is 2. The molecule has 1 aliphatic rings. The van der Waals surface area contributed by atoms with Crippen LogP contribution >= 0.6 is 11.6 Å². The van der Waals surface area contributed by atoms with Gasteiger partial charge in [0.15, 0.2) is 0 Å². The van der Waals surface area contributed by atoms with E-state index in [1.54, 1.807) is 43.3 Å². The molecule has 0 bridgehead atoms. The third kappa shape index (κ3) is 6.07. The van der Waals surface area contributed by atoms with E-state index in [-0.39, 0.29) is 11.4 Å². The highest BCUT2D eigenvalue weighted by Gasteiger charge is 2.61. The van der Waals surface area contributed by atoms with E-state index in [1.165, 1.54) is 25.4 Å². The van der Waals surface area contributed by atoms with Crippen LogP contribution in [0, 0.1) is 5.92 Å². The van der Waals surface area contributed by atoms with Crippen molar-refractivity contribution in [2.75, 3.05) is 12.4 Å². The molecule has 2 amide bonds. The van der Waals surface area contributed by atoms with Crippen LogP contribution in [0.15, 0.2) is 59.2 Å². The van der Waals surface area contributed by atoms with Gasteiger partial charge in [-0.2, -0.15) is 0 Å². The van der Waals surface area contributed by atoms with Gasteiger partial charge < -0.3 is 15.8 Å². The third-order valence-corrected chi connectivity index (χ3v) is 5.36. The van der Waals surface area contributed by atoms with E-state index in [4.69, 9.17) is 22.1 Å². The Hall–Kier alpha value is -3.46. The minimum absolute atomic E-state index is 0.189. The van der Waals surface area contributed by atoms with Gasteiger partial charge in [-0.15, -0.1) is 0 Å². The molecular weight excluding hydrogens is 454 g/mol. The number of anilines is 1. The van der Waals surface area contributed by atoms with E-state index >= 15 is 0 Å². The van der Waals surface area contributed by atoms with E-state index in [0.717, 1.165) is 0 Å². The van der Waals surface area contributed by atoms with Crippen molar-refractivity contribution in [2.45, 2.75) is 25.4 Å². The van der Waals surface area contributed by atoms with Gasteiger partial charge in [0.25, 0.3) is 5.92 Å². The number of alkyl halides is 2. The summed E-state index contributed by atoms with van der Waals surface area (Å²) >= 11 is 6.14. The average Bonchev–Trinajstić information content (AvgIpc) is 3.42. The van der Waals surface area contributed by atoms with E-state index in [1.807, 2.05) is 0 Å². The van der Waals surface area contributed by atoms with Crippen molar-refractivity contribution in [1.82, 2.24) is 5.32 Å². The molecule has 2 aromatic carbocycles. The molecule has 1 aliphatic carbocycles. The summed E-state index contributed by atoms with van der Waals surface area (Å²) in [7, 11) is 1.51. The molecule has 1 fully saturated rings. The smallest absolute Gasteiger partial charge is 0.412 e. The minimum Gasteiger partial charge on any atom is -0.441 e. The van der Waals surface area contributed by atoms with E-state index in [9.17, 15) is 18.4 Å². The SMILES string of the molecule is CN=CC(NC(=O)OC(C)c1ccccc1Cl)=C(N)c1ccc(NC(=O)C2CC2(F)F)cc1. The van der Waals surface area contributed by atoms with Crippen LogP contribution in [0.4, 0.5) is 19.3 Å². The molecule has 3 rings (SSSR count). The second kappa shape index (κ2) is 9.99. The van der Waals surface area contributed by atoms with Crippen molar-refractivity contribution in [3.05, 3.63) is 70.4 Å². The van der Waals surface area contributed by atoms with Crippen molar-refractivity contribution in [1.29, 1.82) is 0 Å². The number of allylic oxidation sites excluding steroid dienone is 1. The van der Waals surface area contributed by atoms with Crippen LogP contribution in [0.2, 0.25) is 5.02 Å². The Balaban J connectivity index is 1.68. The summed E-state index contributed by atoms with van der Waals surface area (Å²) in [6.07, 6.45) is -0.443. The first kappa shape index (κ1) is 24.2. The predicted octanol–water partition coefficient (Wildman–Crippen LogP) is 4.75. The molecule has 33 heavy (non-hydrogen) atoms. The van der Waals surface area contributed by atoms with Gasteiger partial charge in [-0.1, -0.05) is 41.9 Å². The van der Waals surface area contributed by atoms with Crippen molar-refractivity contribution in [3.63, 3.8) is 0 Å². The van der Waals surface area contributed by atoms with Crippen LogP contribution in [-0.2, 0) is 9.53 Å². The quantitative estimate of drug-likeness (QED) is 0.501. The van der Waals surface area contributed by atoms with E-state index in [0.29, 0.717) is 21.8 Å². The molecule has 7 nitrogen and oxygen atoms in total. The first-order chi connectivity index (χ1) is 15.6. The summed E-state index contributed by atoms with van der Waals surface area (Å²) in [6.45, 7) is 1.69. The summed E-state index contributed by atoms with van der Waals surface area (Å²) < 4.78 is 31.5. The van der Waals surface area contributed by atoms with E-state index in [2.05, 4.69) is 15.6 Å². The summed E-state index contributed by atoms with van der Waals surface area (Å²) in [5, 5.41) is 5.49. The molecule has 174 valence electrons. The lowest BCUT2D eigenvalue weighted by Crippen LogP contribution is -2.28. The average molecular weight is 477 g/mol. The zero-order chi connectivity index (χ0) is 24.2. The molecule has 0 radical (unpaired) electrons. The van der Waals surface area contributed by atoms with Gasteiger partial charge in [-0.05, 0) is 30.7 Å². The maximum atomic E-state index is 13.0. The van der Waals surface area contributed by atoms with Gasteiger partial charge in [-0.25, -0.2) is 13.6 Å². The lowest BCUT2D eigenvalue weighted by atomic mass is 10.1. The van der Waals surface area contributed by atoms with Gasteiger partial charge in [0.05, 0.1) is 11.4 Å². The number of carbonyl (C=O) groups is 2. The minimum atomic E-state index is -2.94. The number of ether oxygens (including phenoxy) is 1. The first-order valence-electron chi connectivity index (χ1n) is 10.1. The van der Waals surface area contributed by atoms with Gasteiger partial charge in [0.1, 0.15) is 12.0 Å². The Morgan fingerprint density at radius 3 is 2.45 bits per heavy atom. The molecule has 1 saturated carbocycles. The zero-order valence-electron chi connectivity index (χ0n) is 17.9. The Morgan fingerprint density at radius 1 is 1.24 bits per heavy atom. The van der Waals surface area contributed by atoms with Gasteiger partial charge in [-0.3, -0.25) is 15.1 Å². The highest BCUT2D eigenvalue weighted by Crippen LogP contribution is 2.49. The van der Waals surface area contributed by atoms with E-state index < -0.39 is 36.4 Å². The molecule has 4 N–H and O–H groups in total. The second-order valence-corrected chi connectivity index (χ2v) is 7.90. The summed E-state index contributed by atoms with van der Waals surface area (Å²) in [5.74, 6) is -4.96. The highest BCUT2D eigenvalue weighted by molar-refractivity contribution is 6.31. The van der Waals surface area contributed by atoms with Crippen LogP contribution in [0.5, 0.6) is 0 Å². The van der Waals surface area contributed by atoms with Crippen LogP contribution in [0.3, 0.4) is 0 Å². The number of nitrogens with two attached hydrogens (primary N) is 1. The molecule has 2 unspecified atom stereocenters. The highest BCUT2D eigenvalue weighted by atomic mass is 35.5. The molecule has 2 atom stereocenters. The summed E-state index contributed by atoms with van der Waals surface area (Å²) in [5.41, 5.74) is 8.10. The number of aliphatic imine (C=N–C) groups is 1. The third-order valence-electron chi connectivity index (χ3n) is 5.02. The summed E-state index contributed by atoms with van der Waals surface area (Å²) in [4.78, 5) is 28.1. The predicted molar refractivity (Wildman–Crippen MR) is 123 cm³/mol. The molecule has 0 spiro atoms. The Labute approximate surface area is 194 Å². The topological polar surface area (TPSA) is 106 Å². The molecule has 0 aromatic heterocycles. The van der Waals surface area contributed by atoms with Gasteiger partial charge >= 0.3 is 6.09 Å². The Bertz CT molecular complexity index is 1100. The number of halogens is 3. The standard InChI is InChI=1S/C23H23ClF2N4O3/c1-13(16-5-3-4-6-18(16)24)33-22(32)30-19(12-28-2)20(27)14-7-9-15(10-8-14)29-21(31)17-11-23(17,25)26/h3-10,12-13,17H,11,27H2,1-2H3,(H,29,31)(H,30,32). The molecule has 10 heteroatoms. The lowest BCUT2D eigenvalue weighted by molar-refractivity contribution is -0.119. The lowest BCUT2D eigenvalue weighted by Gasteiger charge is -2.16. The van der Waals surface area contributed by atoms with Crippen molar-refractivity contribution in [2.24, 2.45) is 16.6 Å². The number of hydrogen-bond acceptors (Lipinski definition) is 5. The van der Waals surface area contributed by atoms with Crippen LogP contribution < -0.4 is 16.4 Å². The van der Waals surface area contributed by atoms with Gasteiger partial charge in [0, 0.05) is 36.0 Å². The number of carbonyl (C=O) groups excluding carboxylic acids is 2. The number of nitrogens with zero attached hydrogens (tertiary/aromatic N) is 1. The monoisotopic (exact) mass is 476 g/mol. The second-order valence-electron chi connectivity index (χ2n) is 7.49. The van der Waals surface area contributed by atoms with Crippen molar-refractivity contribution in [3.8, 4) is 0 Å². The van der Waals surface area contributed by atoms with Gasteiger partial charge in [0.2, 0.25) is 5.91 Å². The Morgan fingerprint density at radius 2 is 1.88 bits per heavy atom. The fraction of sp³-hybridized carbons (Fsp3) is 0.261. The largest absolute Gasteiger partial charge is 0.441 e. The maximum Gasteiger partial charge on any atom is 0.412 e. The van der Waals surface area contributed by atoms with Crippen molar-refractivity contribution < 1.29 is 23.1 Å². The molecular formula is C23H23ClF2N4O3. The first-order valence-corrected chi connectivity index (χ1v) is 10.4. The summed E-state index contributed by atoms with van der Waals surface area (Å²) in [6, 6.07) is 13.2. The normalized spacial score (nSPS) is 18.3. The molecule has 0 heterocycles. The van der Waals surface area contributed by atoms with Crippen LogP contribution in [-0.4, -0.2) is 31.2 Å². The number of alkyl carbamates (subject to hydrolysis) is 1. The maximum absolute atomic E-state index is 13.0. The Kier molecular flexibility index (Phi) is 7.33. The fourth-order valence-corrected chi connectivity index (χ4v) is 3.37. The van der Waals surface area contributed by atoms with Crippen LogP contribution in [0.25, 0.3) is 5.70 Å². The number of nitrogens with one attached hydrogen (secondary N) is 2. The number of amides is 2.